The molecule has 3 aromatic rings. The van der Waals surface area contributed by atoms with Gasteiger partial charge in [-0.2, -0.15) is 0 Å². The molecule has 0 unspecified atom stereocenters. The van der Waals surface area contributed by atoms with Crippen LogP contribution >= 0.6 is 23.2 Å². The van der Waals surface area contributed by atoms with Crippen LogP contribution in [0.5, 0.6) is 0 Å². The van der Waals surface area contributed by atoms with Crippen LogP contribution in [0.15, 0.2) is 48.8 Å². The molecule has 1 aliphatic rings. The van der Waals surface area contributed by atoms with Crippen molar-refractivity contribution >= 4 is 23.2 Å². The zero-order valence-corrected chi connectivity index (χ0v) is 15.3. The second-order valence-corrected chi connectivity index (χ2v) is 7.16. The maximum Gasteiger partial charge on any atom is 0.131 e. The van der Waals surface area contributed by atoms with E-state index in [9.17, 15) is 0 Å². The first-order valence-electron chi connectivity index (χ1n) is 8.16. The van der Waals surface area contributed by atoms with Crippen LogP contribution in [0.1, 0.15) is 22.4 Å². The largest absolute Gasteiger partial charge is 0.289 e. The van der Waals surface area contributed by atoms with E-state index in [0.29, 0.717) is 5.15 Å². The topological polar surface area (TPSA) is 29.0 Å². The second kappa shape index (κ2) is 6.75. The quantitative estimate of drug-likeness (QED) is 0.588. The number of pyridine rings is 2. The first-order chi connectivity index (χ1) is 12.1. The Morgan fingerprint density at radius 3 is 2.68 bits per heavy atom. The van der Waals surface area contributed by atoms with Crippen molar-refractivity contribution in [2.45, 2.75) is 26.6 Å². The molecular formula is C20H17Cl2N3. The Labute approximate surface area is 157 Å². The predicted octanol–water partition coefficient (Wildman–Crippen LogP) is 5.27. The van der Waals surface area contributed by atoms with Crippen LogP contribution in [0.25, 0.3) is 11.1 Å². The molecule has 1 aliphatic heterocycles. The first-order valence-corrected chi connectivity index (χ1v) is 8.92. The lowest BCUT2D eigenvalue weighted by Crippen LogP contribution is -2.16. The highest BCUT2D eigenvalue weighted by Gasteiger charge is 2.20. The fourth-order valence-corrected chi connectivity index (χ4v) is 3.53. The van der Waals surface area contributed by atoms with Crippen molar-refractivity contribution in [1.82, 2.24) is 14.9 Å². The van der Waals surface area contributed by atoms with Gasteiger partial charge in [-0.25, -0.2) is 4.98 Å². The average Bonchev–Trinajstić information content (AvgIpc) is 3.01. The standard InChI is InChI=1S/C20H17Cl2N3/c1-13-7-17(9-24-20(13)22)14-4-5-15(18(21)8-14)10-25-11-16-3-2-6-23-19(16)12-25/h2-9H,10-12H2,1H3. The number of nitrogens with zero attached hydrogens (tertiary/aromatic N) is 3. The summed E-state index contributed by atoms with van der Waals surface area (Å²) in [7, 11) is 0. The molecule has 0 N–H and O–H groups in total. The summed E-state index contributed by atoms with van der Waals surface area (Å²) in [6.07, 6.45) is 3.63. The summed E-state index contributed by atoms with van der Waals surface area (Å²) >= 11 is 12.6. The molecule has 0 saturated carbocycles. The van der Waals surface area contributed by atoms with Gasteiger partial charge in [0, 0.05) is 42.6 Å². The number of benzene rings is 1. The van der Waals surface area contributed by atoms with E-state index in [1.807, 2.05) is 31.3 Å². The number of halogens is 2. The van der Waals surface area contributed by atoms with Crippen LogP contribution in [-0.4, -0.2) is 14.9 Å². The average molecular weight is 370 g/mol. The first kappa shape index (κ1) is 16.5. The van der Waals surface area contributed by atoms with Crippen molar-refractivity contribution in [3.05, 3.63) is 81.4 Å². The smallest absolute Gasteiger partial charge is 0.131 e. The fraction of sp³-hybridized carbons (Fsp3) is 0.200. The highest BCUT2D eigenvalue weighted by atomic mass is 35.5. The molecule has 0 bridgehead atoms. The summed E-state index contributed by atoms with van der Waals surface area (Å²) in [5.41, 5.74) is 6.62. The Bertz CT molecular complexity index is 915. The minimum absolute atomic E-state index is 0.536. The van der Waals surface area contributed by atoms with Gasteiger partial charge in [-0.15, -0.1) is 0 Å². The Kier molecular flexibility index (Phi) is 4.46. The third-order valence-corrected chi connectivity index (χ3v) is 5.29. The van der Waals surface area contributed by atoms with E-state index in [1.54, 1.807) is 6.20 Å². The number of fused-ring (bicyclic) bond motifs is 1. The molecule has 0 atom stereocenters. The summed E-state index contributed by atoms with van der Waals surface area (Å²) in [4.78, 5) is 11.0. The molecule has 0 spiro atoms. The van der Waals surface area contributed by atoms with Crippen molar-refractivity contribution in [2.75, 3.05) is 0 Å². The molecule has 3 nitrogen and oxygen atoms in total. The normalized spacial score (nSPS) is 13.9. The van der Waals surface area contributed by atoms with Crippen LogP contribution < -0.4 is 0 Å². The zero-order chi connectivity index (χ0) is 17.4. The maximum atomic E-state index is 6.55. The molecule has 3 heterocycles. The predicted molar refractivity (Wildman–Crippen MR) is 102 cm³/mol. The van der Waals surface area contributed by atoms with Gasteiger partial charge in [0.2, 0.25) is 0 Å². The van der Waals surface area contributed by atoms with Gasteiger partial charge in [-0.05, 0) is 47.4 Å². The number of aryl methyl sites for hydroxylation is 1. The molecule has 4 rings (SSSR count). The molecule has 1 aromatic carbocycles. The third-order valence-electron chi connectivity index (χ3n) is 4.55. The summed E-state index contributed by atoms with van der Waals surface area (Å²) < 4.78 is 0. The summed E-state index contributed by atoms with van der Waals surface area (Å²) in [6.45, 7) is 4.55. The minimum Gasteiger partial charge on any atom is -0.289 e. The highest BCUT2D eigenvalue weighted by molar-refractivity contribution is 6.31. The second-order valence-electron chi connectivity index (χ2n) is 6.39. The Morgan fingerprint density at radius 1 is 1.04 bits per heavy atom. The van der Waals surface area contributed by atoms with Crippen LogP contribution in [0, 0.1) is 6.92 Å². The lowest BCUT2D eigenvalue weighted by atomic mass is 10.0. The van der Waals surface area contributed by atoms with Crippen molar-refractivity contribution in [2.24, 2.45) is 0 Å². The maximum absolute atomic E-state index is 6.55. The number of aromatic nitrogens is 2. The summed E-state index contributed by atoms with van der Waals surface area (Å²) in [5.74, 6) is 0. The van der Waals surface area contributed by atoms with E-state index < -0.39 is 0 Å². The fourth-order valence-electron chi connectivity index (χ4n) is 3.19. The van der Waals surface area contributed by atoms with E-state index in [-0.39, 0.29) is 0 Å². The van der Waals surface area contributed by atoms with Gasteiger partial charge in [0.15, 0.2) is 0 Å². The van der Waals surface area contributed by atoms with Gasteiger partial charge in [-0.1, -0.05) is 41.4 Å². The van der Waals surface area contributed by atoms with E-state index >= 15 is 0 Å². The number of hydrogen-bond acceptors (Lipinski definition) is 3. The van der Waals surface area contributed by atoms with Crippen molar-refractivity contribution in [3.63, 3.8) is 0 Å². The molecule has 126 valence electrons. The third kappa shape index (κ3) is 3.40. The number of rotatable bonds is 3. The van der Waals surface area contributed by atoms with Crippen molar-refractivity contribution in [3.8, 4) is 11.1 Å². The van der Waals surface area contributed by atoms with Gasteiger partial charge >= 0.3 is 0 Å². The molecule has 0 saturated heterocycles. The van der Waals surface area contributed by atoms with Crippen LogP contribution in [0.4, 0.5) is 0 Å². The minimum atomic E-state index is 0.536. The van der Waals surface area contributed by atoms with Gasteiger partial charge < -0.3 is 0 Å². The Balaban J connectivity index is 1.54. The molecule has 0 radical (unpaired) electrons. The van der Waals surface area contributed by atoms with Crippen molar-refractivity contribution in [1.29, 1.82) is 0 Å². The van der Waals surface area contributed by atoms with Crippen LogP contribution in [0.3, 0.4) is 0 Å². The Hall–Kier alpha value is -1.94. The number of hydrogen-bond donors (Lipinski definition) is 0. The Morgan fingerprint density at radius 2 is 1.92 bits per heavy atom. The zero-order valence-electron chi connectivity index (χ0n) is 13.8. The van der Waals surface area contributed by atoms with Crippen LogP contribution in [0.2, 0.25) is 10.2 Å². The van der Waals surface area contributed by atoms with Crippen LogP contribution in [-0.2, 0) is 19.6 Å². The van der Waals surface area contributed by atoms with E-state index in [0.717, 1.165) is 52.6 Å². The molecular weight excluding hydrogens is 353 g/mol. The van der Waals surface area contributed by atoms with Crippen molar-refractivity contribution < 1.29 is 0 Å². The van der Waals surface area contributed by atoms with E-state index in [1.165, 1.54) is 5.56 Å². The summed E-state index contributed by atoms with van der Waals surface area (Å²) in [5, 5.41) is 1.31. The molecule has 0 fully saturated rings. The lowest BCUT2D eigenvalue weighted by molar-refractivity contribution is 0.274. The molecule has 0 amide bonds. The van der Waals surface area contributed by atoms with E-state index in [4.69, 9.17) is 23.2 Å². The SMILES string of the molecule is Cc1cc(-c2ccc(CN3Cc4cccnc4C3)c(Cl)c2)cnc1Cl. The monoisotopic (exact) mass is 369 g/mol. The molecule has 2 aromatic heterocycles. The van der Waals surface area contributed by atoms with Gasteiger partial charge in [0.25, 0.3) is 0 Å². The van der Waals surface area contributed by atoms with Gasteiger partial charge in [0.1, 0.15) is 5.15 Å². The van der Waals surface area contributed by atoms with E-state index in [2.05, 4.69) is 33.1 Å². The molecule has 0 aliphatic carbocycles. The molecule has 25 heavy (non-hydrogen) atoms. The lowest BCUT2D eigenvalue weighted by Gasteiger charge is -2.16. The highest BCUT2D eigenvalue weighted by Crippen LogP contribution is 2.29. The van der Waals surface area contributed by atoms with Gasteiger partial charge in [0.05, 0.1) is 5.69 Å². The van der Waals surface area contributed by atoms with Gasteiger partial charge in [-0.3, -0.25) is 9.88 Å². The summed E-state index contributed by atoms with van der Waals surface area (Å²) in [6, 6.07) is 12.4. The molecule has 5 heteroatoms.